The zero-order chi connectivity index (χ0) is 11.6. The number of rotatable bonds is 4. The van der Waals surface area contributed by atoms with E-state index in [2.05, 4.69) is 43.4 Å². The van der Waals surface area contributed by atoms with Crippen molar-refractivity contribution in [2.45, 2.75) is 27.2 Å². The van der Waals surface area contributed by atoms with Crippen molar-refractivity contribution in [3.8, 4) is 0 Å². The van der Waals surface area contributed by atoms with Crippen molar-refractivity contribution in [2.75, 3.05) is 18.1 Å². The Morgan fingerprint density at radius 2 is 2.27 bits per heavy atom. The summed E-state index contributed by atoms with van der Waals surface area (Å²) in [4.78, 5) is 17.3. The van der Waals surface area contributed by atoms with Gasteiger partial charge in [-0.15, -0.1) is 0 Å². The molecule has 1 saturated heterocycles. The molecule has 1 amide bonds. The molecule has 0 N–H and O–H groups in total. The van der Waals surface area contributed by atoms with Gasteiger partial charge in [0, 0.05) is 10.3 Å². The number of hydrogen-bond donors (Lipinski definition) is 0. The van der Waals surface area contributed by atoms with Gasteiger partial charge in [-0.3, -0.25) is 9.63 Å². The van der Waals surface area contributed by atoms with E-state index in [4.69, 9.17) is 4.84 Å². The molecule has 15 heavy (non-hydrogen) atoms. The van der Waals surface area contributed by atoms with Crippen LogP contribution in [0, 0.1) is 17.3 Å². The topological polar surface area (TPSA) is 29.5 Å². The predicted octanol–water partition coefficient (Wildman–Crippen LogP) is 2.49. The number of carbonyl (C=O) groups is 1. The lowest BCUT2D eigenvalue weighted by Gasteiger charge is -2.28. The first kappa shape index (κ1) is 13.2. The largest absolute Gasteiger partial charge is 0.274 e. The first-order valence-corrected chi connectivity index (χ1v) is 6.90. The first-order valence-electron chi connectivity index (χ1n) is 5.37. The summed E-state index contributed by atoms with van der Waals surface area (Å²) >= 11 is 2.36. The Kier molecular flexibility index (Phi) is 4.40. The van der Waals surface area contributed by atoms with Gasteiger partial charge in [0.15, 0.2) is 0 Å². The molecule has 4 heteroatoms. The molecule has 3 nitrogen and oxygen atoms in total. The van der Waals surface area contributed by atoms with Crippen LogP contribution >= 0.6 is 22.6 Å². The highest BCUT2D eigenvalue weighted by atomic mass is 127. The second-order valence-corrected chi connectivity index (χ2v) is 5.80. The fourth-order valence-electron chi connectivity index (χ4n) is 2.42. The Balaban J connectivity index is 2.87. The fraction of sp³-hybridized carbons (Fsp3) is 0.909. The van der Waals surface area contributed by atoms with Crippen molar-refractivity contribution in [3.63, 3.8) is 0 Å². The molecule has 0 saturated carbocycles. The quantitative estimate of drug-likeness (QED) is 0.587. The van der Waals surface area contributed by atoms with Crippen LogP contribution in [-0.2, 0) is 9.63 Å². The highest BCUT2D eigenvalue weighted by molar-refractivity contribution is 14.1. The lowest BCUT2D eigenvalue weighted by Crippen LogP contribution is -2.35. The summed E-state index contributed by atoms with van der Waals surface area (Å²) in [6.07, 6.45) is 0.944. The van der Waals surface area contributed by atoms with Gasteiger partial charge in [-0.05, 0) is 12.3 Å². The number of carbonyl (C=O) groups excluding carboxylic acids is 1. The van der Waals surface area contributed by atoms with E-state index in [1.807, 2.05) is 0 Å². The molecule has 1 aliphatic rings. The lowest BCUT2D eigenvalue weighted by molar-refractivity contribution is -0.173. The average Bonchev–Trinajstić information content (AvgIpc) is 2.39. The van der Waals surface area contributed by atoms with Crippen LogP contribution in [0.2, 0.25) is 0 Å². The Morgan fingerprint density at radius 1 is 1.67 bits per heavy atom. The molecule has 88 valence electrons. The fourth-order valence-corrected chi connectivity index (χ4v) is 3.67. The second kappa shape index (κ2) is 4.99. The third-order valence-corrected chi connectivity index (χ3v) is 4.30. The van der Waals surface area contributed by atoms with Gasteiger partial charge in [0.2, 0.25) is 0 Å². The average molecular weight is 325 g/mol. The SMILES string of the molecule is CON1C[C@H](CI)[C@](C)(CC(C)C)C1=O. The summed E-state index contributed by atoms with van der Waals surface area (Å²) in [5, 5.41) is 1.52. The minimum Gasteiger partial charge on any atom is -0.274 e. The van der Waals surface area contributed by atoms with Gasteiger partial charge in [0.25, 0.3) is 5.91 Å². The lowest BCUT2D eigenvalue weighted by atomic mass is 9.74. The molecule has 1 heterocycles. The van der Waals surface area contributed by atoms with Crippen molar-refractivity contribution in [1.82, 2.24) is 5.06 Å². The number of hydrogen-bond acceptors (Lipinski definition) is 2. The third-order valence-electron chi connectivity index (χ3n) is 3.24. The summed E-state index contributed by atoms with van der Waals surface area (Å²) in [6, 6.07) is 0. The van der Waals surface area contributed by atoms with E-state index in [0.29, 0.717) is 11.8 Å². The molecule has 2 atom stereocenters. The molecule has 1 fully saturated rings. The molecular weight excluding hydrogens is 305 g/mol. The van der Waals surface area contributed by atoms with Gasteiger partial charge in [0.1, 0.15) is 0 Å². The van der Waals surface area contributed by atoms with Gasteiger partial charge >= 0.3 is 0 Å². The van der Waals surface area contributed by atoms with Crippen molar-refractivity contribution in [1.29, 1.82) is 0 Å². The number of halogens is 1. The molecule has 0 bridgehead atoms. The molecule has 0 aromatic rings. The second-order valence-electron chi connectivity index (χ2n) is 4.92. The van der Waals surface area contributed by atoms with E-state index in [0.717, 1.165) is 17.4 Å². The monoisotopic (exact) mass is 325 g/mol. The summed E-state index contributed by atoms with van der Waals surface area (Å²) in [5.74, 6) is 1.11. The van der Waals surface area contributed by atoms with Crippen LogP contribution in [0.1, 0.15) is 27.2 Å². The molecule has 0 unspecified atom stereocenters. The van der Waals surface area contributed by atoms with E-state index in [-0.39, 0.29) is 11.3 Å². The standard InChI is InChI=1S/C11H20INO2/c1-8(2)5-11(3)9(6-12)7-13(15-4)10(11)14/h8-9H,5-7H2,1-4H3/t9-,11-/m0/s1. The van der Waals surface area contributed by atoms with Crippen LogP contribution in [-0.4, -0.2) is 29.1 Å². The van der Waals surface area contributed by atoms with Gasteiger partial charge in [-0.25, -0.2) is 5.06 Å². The Bertz CT molecular complexity index is 245. The minimum absolute atomic E-state index is 0.153. The highest BCUT2D eigenvalue weighted by Crippen LogP contribution is 2.42. The van der Waals surface area contributed by atoms with Crippen LogP contribution < -0.4 is 0 Å². The summed E-state index contributed by atoms with van der Waals surface area (Å²) in [6.45, 7) is 7.15. The van der Waals surface area contributed by atoms with E-state index in [1.165, 1.54) is 5.06 Å². The maximum absolute atomic E-state index is 12.2. The molecule has 0 spiro atoms. The zero-order valence-corrected chi connectivity index (χ0v) is 12.1. The van der Waals surface area contributed by atoms with Crippen LogP contribution in [0.4, 0.5) is 0 Å². The predicted molar refractivity (Wildman–Crippen MR) is 68.7 cm³/mol. The molecule has 0 aromatic heterocycles. The van der Waals surface area contributed by atoms with Crippen LogP contribution in [0.3, 0.4) is 0 Å². The van der Waals surface area contributed by atoms with Gasteiger partial charge in [-0.2, -0.15) is 0 Å². The molecular formula is C11H20INO2. The zero-order valence-electron chi connectivity index (χ0n) is 9.92. The first-order chi connectivity index (χ1) is 6.95. The maximum atomic E-state index is 12.2. The smallest absolute Gasteiger partial charge is 0.252 e. The highest BCUT2D eigenvalue weighted by Gasteiger charge is 2.50. The third kappa shape index (κ3) is 2.46. The number of hydroxylamine groups is 2. The number of nitrogens with zero attached hydrogens (tertiary/aromatic N) is 1. The molecule has 1 rings (SSSR count). The van der Waals surface area contributed by atoms with Gasteiger partial charge in [-0.1, -0.05) is 43.4 Å². The summed E-state index contributed by atoms with van der Waals surface area (Å²) in [7, 11) is 1.57. The van der Waals surface area contributed by atoms with Crippen LogP contribution in [0.15, 0.2) is 0 Å². The Labute approximate surface area is 106 Å². The number of amides is 1. The minimum atomic E-state index is -0.231. The van der Waals surface area contributed by atoms with Crippen LogP contribution in [0.5, 0.6) is 0 Å². The molecule has 0 radical (unpaired) electrons. The van der Waals surface area contributed by atoms with E-state index in [9.17, 15) is 4.79 Å². The molecule has 0 aromatic carbocycles. The summed E-state index contributed by atoms with van der Waals surface area (Å²) in [5.41, 5.74) is -0.231. The van der Waals surface area contributed by atoms with Crippen LogP contribution in [0.25, 0.3) is 0 Å². The van der Waals surface area contributed by atoms with E-state index in [1.54, 1.807) is 7.11 Å². The van der Waals surface area contributed by atoms with Crippen molar-refractivity contribution >= 4 is 28.5 Å². The van der Waals surface area contributed by atoms with Gasteiger partial charge in [0.05, 0.1) is 19.1 Å². The molecule has 1 aliphatic heterocycles. The normalized spacial score (nSPS) is 31.7. The van der Waals surface area contributed by atoms with Crippen molar-refractivity contribution < 1.29 is 9.63 Å². The summed E-state index contributed by atoms with van der Waals surface area (Å²) < 4.78 is 1.01. The number of alkyl halides is 1. The Morgan fingerprint density at radius 3 is 2.67 bits per heavy atom. The van der Waals surface area contributed by atoms with Gasteiger partial charge < -0.3 is 0 Å². The van der Waals surface area contributed by atoms with Crippen molar-refractivity contribution in [2.24, 2.45) is 17.3 Å². The maximum Gasteiger partial charge on any atom is 0.252 e. The Hall–Kier alpha value is 0.160. The van der Waals surface area contributed by atoms with Crippen molar-refractivity contribution in [3.05, 3.63) is 0 Å². The van der Waals surface area contributed by atoms with E-state index >= 15 is 0 Å². The van der Waals surface area contributed by atoms with E-state index < -0.39 is 0 Å². The molecule has 0 aliphatic carbocycles.